The molecule has 1 aromatic carbocycles. The highest BCUT2D eigenvalue weighted by Gasteiger charge is 2.23. The van der Waals surface area contributed by atoms with E-state index in [4.69, 9.17) is 0 Å². The highest BCUT2D eigenvalue weighted by Crippen LogP contribution is 2.26. The number of Topliss-reactive ketones (excluding diaryl/α,β-unsaturated/α-hetero) is 1. The number of thioether (sulfide) groups is 1. The van der Waals surface area contributed by atoms with Gasteiger partial charge in [0.05, 0.1) is 6.04 Å². The van der Waals surface area contributed by atoms with Crippen molar-refractivity contribution in [2.75, 3.05) is 0 Å². The minimum atomic E-state index is -0.197. The van der Waals surface area contributed by atoms with Gasteiger partial charge in [-0.3, -0.25) is 9.59 Å². The summed E-state index contributed by atoms with van der Waals surface area (Å²) in [6.45, 7) is 20.0. The second-order valence-electron chi connectivity index (χ2n) is 8.59. The zero-order valence-corrected chi connectivity index (χ0v) is 22.9. The fourth-order valence-electron chi connectivity index (χ4n) is 1.90. The fraction of sp³-hybridized carbons (Fsp3) is 0.571. The van der Waals surface area contributed by atoms with Gasteiger partial charge in [0.2, 0.25) is 5.91 Å². The van der Waals surface area contributed by atoms with E-state index >= 15 is 0 Å². The Kier molecular flexibility index (Phi) is 20.9. The van der Waals surface area contributed by atoms with Gasteiger partial charge >= 0.3 is 0 Å². The number of carbonyl (C=O) groups is 2. The molecular weight excluding hydrogens is 433 g/mol. The number of amides is 1. The predicted octanol–water partition coefficient (Wildman–Crippen LogP) is 8.39. The molecule has 3 nitrogen and oxygen atoms in total. The first-order valence-electron chi connectivity index (χ1n) is 12.0. The molecule has 1 saturated carbocycles. The van der Waals surface area contributed by atoms with Crippen molar-refractivity contribution in [3.63, 3.8) is 0 Å². The molecule has 1 amide bonds. The molecule has 1 heterocycles. The van der Waals surface area contributed by atoms with Crippen LogP contribution in [0.15, 0.2) is 46.7 Å². The molecule has 1 aromatic rings. The number of ketones is 1. The van der Waals surface area contributed by atoms with E-state index in [1.165, 1.54) is 43.9 Å². The zero-order valence-electron chi connectivity index (χ0n) is 22.1. The standard InChI is InChI=1S/C8H14S.C7H7F.C6H9NO2.C4H8.C3H8/c1-5-8(4)6-9-7(2)3;1-6-2-4-7(8)5-3-6;1-4(8)5-2-3-6(9)7-5;1-4-2-3-4;1-3-2/h6H,2,5H2,1,3-4H3;2-5H,1H3;5H,2-3H2,1H3,(H,7,9);4H,2-3H2,1H3;3H2,1-2H3/b8-6+;;;;. The van der Waals surface area contributed by atoms with Crippen LogP contribution in [0.1, 0.15) is 92.6 Å². The Morgan fingerprint density at radius 1 is 1.12 bits per heavy atom. The van der Waals surface area contributed by atoms with Gasteiger partial charge in [0.25, 0.3) is 0 Å². The summed E-state index contributed by atoms with van der Waals surface area (Å²) in [5, 5.41) is 4.72. The van der Waals surface area contributed by atoms with Crippen molar-refractivity contribution in [1.29, 1.82) is 0 Å². The van der Waals surface area contributed by atoms with Gasteiger partial charge in [-0.1, -0.05) is 76.8 Å². The average Bonchev–Trinajstić information content (AvgIpc) is 3.42. The number of allylic oxidation sites excluding steroid dienone is 2. The van der Waals surface area contributed by atoms with E-state index in [0.717, 1.165) is 22.8 Å². The summed E-state index contributed by atoms with van der Waals surface area (Å²) in [7, 11) is 0. The summed E-state index contributed by atoms with van der Waals surface area (Å²) in [6, 6.07) is 6.20. The van der Waals surface area contributed by atoms with Crippen molar-refractivity contribution in [2.24, 2.45) is 5.92 Å². The third kappa shape index (κ3) is 24.6. The summed E-state index contributed by atoms with van der Waals surface area (Å²) in [5.41, 5.74) is 2.51. The SMILES string of the molecule is C=C(C)S/C=C(\C)CC.CC(=O)C1CCC(=O)N1.CC1CC1.CCC.Cc1ccc(F)cc1. The van der Waals surface area contributed by atoms with Gasteiger partial charge in [0.15, 0.2) is 5.78 Å². The maximum Gasteiger partial charge on any atom is 0.220 e. The second kappa shape index (κ2) is 20.7. The second-order valence-corrected chi connectivity index (χ2v) is 9.76. The molecule has 1 unspecified atom stereocenters. The number of nitrogens with one attached hydrogen (secondary N) is 1. The van der Waals surface area contributed by atoms with Crippen molar-refractivity contribution in [3.8, 4) is 0 Å². The monoisotopic (exact) mass is 479 g/mol. The smallest absolute Gasteiger partial charge is 0.220 e. The van der Waals surface area contributed by atoms with Crippen molar-refractivity contribution in [3.05, 3.63) is 58.1 Å². The molecule has 2 aliphatic rings. The van der Waals surface area contributed by atoms with E-state index in [0.29, 0.717) is 12.8 Å². The molecule has 33 heavy (non-hydrogen) atoms. The Labute approximate surface area is 206 Å². The van der Waals surface area contributed by atoms with E-state index < -0.39 is 0 Å². The number of aryl methyl sites for hydroxylation is 1. The topological polar surface area (TPSA) is 46.2 Å². The quantitative estimate of drug-likeness (QED) is 0.471. The maximum absolute atomic E-state index is 12.1. The summed E-state index contributed by atoms with van der Waals surface area (Å²) >= 11 is 1.71. The van der Waals surface area contributed by atoms with Gasteiger partial charge in [0, 0.05) is 6.42 Å². The third-order valence-corrected chi connectivity index (χ3v) is 5.30. The van der Waals surface area contributed by atoms with Gasteiger partial charge in [-0.2, -0.15) is 0 Å². The molecular formula is C28H46FNO2S. The molecule has 1 atom stereocenters. The number of carbonyl (C=O) groups excluding carboxylic acids is 2. The lowest BCUT2D eigenvalue weighted by molar-refractivity contribution is -0.123. The van der Waals surface area contributed by atoms with Crippen molar-refractivity contribution in [1.82, 2.24) is 5.32 Å². The van der Waals surface area contributed by atoms with Gasteiger partial charge in [-0.25, -0.2) is 4.39 Å². The Morgan fingerprint density at radius 2 is 1.61 bits per heavy atom. The molecule has 1 aliphatic carbocycles. The van der Waals surface area contributed by atoms with E-state index in [9.17, 15) is 14.0 Å². The van der Waals surface area contributed by atoms with Gasteiger partial charge in [-0.05, 0) is 68.9 Å². The van der Waals surface area contributed by atoms with E-state index in [1.54, 1.807) is 23.9 Å². The molecule has 0 radical (unpaired) electrons. The molecule has 0 bridgehead atoms. The van der Waals surface area contributed by atoms with E-state index in [2.05, 4.69) is 51.9 Å². The zero-order chi connectivity index (χ0) is 25.8. The first-order chi connectivity index (χ1) is 15.5. The van der Waals surface area contributed by atoms with Crippen LogP contribution in [0, 0.1) is 18.7 Å². The number of rotatable bonds is 4. The summed E-state index contributed by atoms with van der Waals surface area (Å²) in [5.74, 6) is 0.964. The van der Waals surface area contributed by atoms with E-state index in [-0.39, 0.29) is 23.5 Å². The Morgan fingerprint density at radius 3 is 1.85 bits per heavy atom. The number of hydrogen-bond acceptors (Lipinski definition) is 3. The number of halogens is 1. The van der Waals surface area contributed by atoms with Crippen LogP contribution in [0.2, 0.25) is 0 Å². The summed E-state index contributed by atoms with van der Waals surface area (Å²) in [4.78, 5) is 22.2. The van der Waals surface area contributed by atoms with Crippen LogP contribution in [0.25, 0.3) is 0 Å². The highest BCUT2D eigenvalue weighted by atomic mass is 32.2. The normalized spacial score (nSPS) is 16.2. The molecule has 0 aromatic heterocycles. The van der Waals surface area contributed by atoms with E-state index in [1.807, 2.05) is 13.8 Å². The minimum absolute atomic E-state index is 0.00444. The van der Waals surface area contributed by atoms with Gasteiger partial charge in [-0.15, -0.1) is 11.8 Å². The first-order valence-corrected chi connectivity index (χ1v) is 12.8. The van der Waals surface area contributed by atoms with Crippen molar-refractivity contribution >= 4 is 23.5 Å². The third-order valence-electron chi connectivity index (χ3n) is 4.38. The lowest BCUT2D eigenvalue weighted by Gasteiger charge is -2.01. The Bertz CT molecular complexity index is 688. The molecule has 1 aliphatic heterocycles. The molecule has 1 N–H and O–H groups in total. The molecule has 3 rings (SSSR count). The Balaban J connectivity index is 0. The van der Waals surface area contributed by atoms with Crippen molar-refractivity contribution < 1.29 is 14.0 Å². The van der Waals surface area contributed by atoms with Crippen LogP contribution < -0.4 is 5.32 Å². The fourth-order valence-corrected chi connectivity index (χ4v) is 2.47. The van der Waals surface area contributed by atoms with Crippen LogP contribution >= 0.6 is 11.8 Å². The first kappa shape index (κ1) is 33.3. The van der Waals surface area contributed by atoms with Gasteiger partial charge in [0.1, 0.15) is 5.82 Å². The average molecular weight is 480 g/mol. The largest absolute Gasteiger partial charge is 0.346 e. The molecule has 2 fully saturated rings. The van der Waals surface area contributed by atoms with Crippen LogP contribution in [0.4, 0.5) is 4.39 Å². The summed E-state index contributed by atoms with van der Waals surface area (Å²) < 4.78 is 12.1. The number of hydrogen-bond donors (Lipinski definition) is 1. The Hall–Kier alpha value is -1.88. The van der Waals surface area contributed by atoms with Crippen LogP contribution in [0.5, 0.6) is 0 Å². The van der Waals surface area contributed by atoms with Crippen molar-refractivity contribution in [2.45, 2.75) is 100.0 Å². The van der Waals surface area contributed by atoms with Gasteiger partial charge < -0.3 is 5.32 Å². The minimum Gasteiger partial charge on any atom is -0.346 e. The lowest BCUT2D eigenvalue weighted by atomic mass is 10.2. The molecule has 5 heteroatoms. The maximum atomic E-state index is 12.1. The van der Waals surface area contributed by atoms with Crippen LogP contribution in [-0.2, 0) is 9.59 Å². The lowest BCUT2D eigenvalue weighted by Crippen LogP contribution is -2.31. The summed E-state index contributed by atoms with van der Waals surface area (Å²) in [6.07, 6.45) is 6.54. The predicted molar refractivity (Wildman–Crippen MR) is 144 cm³/mol. The molecule has 0 spiro atoms. The number of benzene rings is 1. The van der Waals surface area contributed by atoms with Crippen LogP contribution in [-0.4, -0.2) is 17.7 Å². The van der Waals surface area contributed by atoms with Crippen LogP contribution in [0.3, 0.4) is 0 Å². The molecule has 1 saturated heterocycles. The highest BCUT2D eigenvalue weighted by molar-refractivity contribution is 8.05. The molecule has 188 valence electrons.